The third-order valence-electron chi connectivity index (χ3n) is 3.73. The standard InChI is InChI=1S/C17H18N2S/c18-17(20)11-5-6-12-19-15-9-3-1-7-13(15)14-8-2-4-10-16(14)19/h1-4,7-10H,5-6,11-12H2,(H2,18,20). The van der Waals surface area contributed by atoms with E-state index >= 15 is 0 Å². The molecule has 3 aromatic rings. The smallest absolute Gasteiger partial charge is 0.0727 e. The molecule has 0 spiro atoms. The number of hydrogen-bond acceptors (Lipinski definition) is 1. The van der Waals surface area contributed by atoms with Gasteiger partial charge in [-0.3, -0.25) is 0 Å². The maximum absolute atomic E-state index is 5.56. The molecule has 0 radical (unpaired) electrons. The maximum atomic E-state index is 5.56. The Bertz CT molecular complexity index is 705. The van der Waals surface area contributed by atoms with Crippen LogP contribution < -0.4 is 5.73 Å². The van der Waals surface area contributed by atoms with Gasteiger partial charge in [0.1, 0.15) is 0 Å². The summed E-state index contributed by atoms with van der Waals surface area (Å²) in [6.07, 6.45) is 2.99. The van der Waals surface area contributed by atoms with Crippen molar-refractivity contribution in [3.05, 3.63) is 48.5 Å². The predicted molar refractivity (Wildman–Crippen MR) is 90.1 cm³/mol. The van der Waals surface area contributed by atoms with E-state index in [4.69, 9.17) is 18.0 Å². The minimum Gasteiger partial charge on any atom is -0.393 e. The van der Waals surface area contributed by atoms with E-state index in [1.165, 1.54) is 21.8 Å². The molecule has 2 N–H and O–H groups in total. The van der Waals surface area contributed by atoms with Crippen molar-refractivity contribution in [1.82, 2.24) is 4.57 Å². The molecule has 0 aliphatic rings. The number of unbranched alkanes of at least 4 members (excludes halogenated alkanes) is 1. The summed E-state index contributed by atoms with van der Waals surface area (Å²) in [5.74, 6) is 0. The second-order valence-electron chi connectivity index (χ2n) is 5.11. The largest absolute Gasteiger partial charge is 0.393 e. The van der Waals surface area contributed by atoms with E-state index in [-0.39, 0.29) is 0 Å². The topological polar surface area (TPSA) is 30.9 Å². The lowest BCUT2D eigenvalue weighted by Gasteiger charge is -2.07. The Morgan fingerprint density at radius 1 is 0.900 bits per heavy atom. The Morgan fingerprint density at radius 2 is 1.45 bits per heavy atom. The molecule has 0 aliphatic heterocycles. The van der Waals surface area contributed by atoms with Crippen molar-refractivity contribution in [3.63, 3.8) is 0 Å². The van der Waals surface area contributed by atoms with Crippen LogP contribution in [0, 0.1) is 0 Å². The average Bonchev–Trinajstić information content (AvgIpc) is 2.78. The lowest BCUT2D eigenvalue weighted by atomic mass is 10.2. The van der Waals surface area contributed by atoms with Gasteiger partial charge in [0.25, 0.3) is 0 Å². The van der Waals surface area contributed by atoms with Gasteiger partial charge in [-0.25, -0.2) is 0 Å². The number of aromatic nitrogens is 1. The fraction of sp³-hybridized carbons (Fsp3) is 0.235. The SMILES string of the molecule is NC(=S)CCCCn1c2ccccc2c2ccccc21. The molecule has 0 unspecified atom stereocenters. The van der Waals surface area contributed by atoms with Gasteiger partial charge in [0, 0.05) is 28.4 Å². The summed E-state index contributed by atoms with van der Waals surface area (Å²) in [6.45, 7) is 1.01. The van der Waals surface area contributed by atoms with Crippen LogP contribution in [0.25, 0.3) is 21.8 Å². The zero-order chi connectivity index (χ0) is 13.9. The van der Waals surface area contributed by atoms with E-state index in [0.29, 0.717) is 4.99 Å². The third-order valence-corrected chi connectivity index (χ3v) is 3.94. The summed E-state index contributed by atoms with van der Waals surface area (Å²) >= 11 is 4.93. The van der Waals surface area contributed by atoms with Gasteiger partial charge < -0.3 is 10.3 Å². The van der Waals surface area contributed by atoms with Gasteiger partial charge in [-0.2, -0.15) is 0 Å². The predicted octanol–water partition coefficient (Wildman–Crippen LogP) is 4.25. The zero-order valence-corrected chi connectivity index (χ0v) is 12.2. The number of rotatable bonds is 5. The Kier molecular flexibility index (Phi) is 3.70. The molecular formula is C17H18N2S. The molecular weight excluding hydrogens is 264 g/mol. The van der Waals surface area contributed by atoms with Crippen LogP contribution in [0.5, 0.6) is 0 Å². The van der Waals surface area contributed by atoms with Crippen molar-refractivity contribution >= 4 is 39.0 Å². The molecule has 3 rings (SSSR count). The number of hydrogen-bond donors (Lipinski definition) is 1. The second kappa shape index (κ2) is 5.63. The highest BCUT2D eigenvalue weighted by atomic mass is 32.1. The van der Waals surface area contributed by atoms with Gasteiger partial charge in [0.15, 0.2) is 0 Å². The van der Waals surface area contributed by atoms with Gasteiger partial charge in [-0.15, -0.1) is 0 Å². The minimum absolute atomic E-state index is 0.618. The van der Waals surface area contributed by atoms with Crippen molar-refractivity contribution in [3.8, 4) is 0 Å². The number of nitrogens with zero attached hydrogens (tertiary/aromatic N) is 1. The molecule has 0 saturated carbocycles. The highest BCUT2D eigenvalue weighted by Crippen LogP contribution is 2.28. The molecule has 20 heavy (non-hydrogen) atoms. The van der Waals surface area contributed by atoms with E-state index in [9.17, 15) is 0 Å². The fourth-order valence-electron chi connectivity index (χ4n) is 2.81. The molecule has 2 nitrogen and oxygen atoms in total. The van der Waals surface area contributed by atoms with E-state index < -0.39 is 0 Å². The summed E-state index contributed by atoms with van der Waals surface area (Å²) in [4.78, 5) is 0.618. The summed E-state index contributed by atoms with van der Waals surface area (Å²) < 4.78 is 2.41. The number of thiocarbonyl (C=S) groups is 1. The summed E-state index contributed by atoms with van der Waals surface area (Å²) in [7, 11) is 0. The molecule has 1 heterocycles. The van der Waals surface area contributed by atoms with Crippen LogP contribution in [-0.4, -0.2) is 9.56 Å². The van der Waals surface area contributed by atoms with Crippen LogP contribution in [0.4, 0.5) is 0 Å². The number of aryl methyl sites for hydroxylation is 1. The van der Waals surface area contributed by atoms with Crippen molar-refractivity contribution in [1.29, 1.82) is 0 Å². The first-order valence-corrected chi connectivity index (χ1v) is 7.42. The van der Waals surface area contributed by atoms with Gasteiger partial charge >= 0.3 is 0 Å². The maximum Gasteiger partial charge on any atom is 0.0727 e. The normalized spacial score (nSPS) is 11.2. The van der Waals surface area contributed by atoms with Crippen LogP contribution in [0.1, 0.15) is 19.3 Å². The molecule has 0 fully saturated rings. The van der Waals surface area contributed by atoms with E-state index in [0.717, 1.165) is 25.8 Å². The molecule has 1 aromatic heterocycles. The highest BCUT2D eigenvalue weighted by Gasteiger charge is 2.08. The van der Waals surface area contributed by atoms with Crippen molar-refractivity contribution in [2.24, 2.45) is 5.73 Å². The van der Waals surface area contributed by atoms with Crippen molar-refractivity contribution in [2.45, 2.75) is 25.8 Å². The summed E-state index contributed by atoms with van der Waals surface area (Å²) in [5, 5.41) is 2.66. The van der Waals surface area contributed by atoms with Crippen LogP contribution in [-0.2, 0) is 6.54 Å². The van der Waals surface area contributed by atoms with E-state index in [1.54, 1.807) is 0 Å². The highest BCUT2D eigenvalue weighted by molar-refractivity contribution is 7.80. The third kappa shape index (κ3) is 2.41. The average molecular weight is 282 g/mol. The second-order valence-corrected chi connectivity index (χ2v) is 5.63. The van der Waals surface area contributed by atoms with E-state index in [1.807, 2.05) is 0 Å². The zero-order valence-electron chi connectivity index (χ0n) is 11.4. The quantitative estimate of drug-likeness (QED) is 0.560. The van der Waals surface area contributed by atoms with Gasteiger partial charge in [-0.05, 0) is 31.4 Å². The van der Waals surface area contributed by atoms with Gasteiger partial charge in [0.05, 0.1) is 4.99 Å². The van der Waals surface area contributed by atoms with Gasteiger partial charge in [-0.1, -0.05) is 48.6 Å². The minimum atomic E-state index is 0.618. The number of fused-ring (bicyclic) bond motifs is 3. The lowest BCUT2D eigenvalue weighted by Crippen LogP contribution is -2.07. The Morgan fingerprint density at radius 3 is 2.00 bits per heavy atom. The molecule has 3 heteroatoms. The Balaban J connectivity index is 1.97. The molecule has 0 bridgehead atoms. The van der Waals surface area contributed by atoms with E-state index in [2.05, 4.69) is 53.1 Å². The lowest BCUT2D eigenvalue weighted by molar-refractivity contribution is 0.650. The summed E-state index contributed by atoms with van der Waals surface area (Å²) in [6, 6.07) is 17.2. The van der Waals surface area contributed by atoms with Crippen LogP contribution in [0.15, 0.2) is 48.5 Å². The Hall–Kier alpha value is -1.87. The monoisotopic (exact) mass is 282 g/mol. The number of benzene rings is 2. The number of para-hydroxylation sites is 2. The molecule has 2 aromatic carbocycles. The van der Waals surface area contributed by atoms with Crippen molar-refractivity contribution < 1.29 is 0 Å². The molecule has 0 aliphatic carbocycles. The van der Waals surface area contributed by atoms with Crippen molar-refractivity contribution in [2.75, 3.05) is 0 Å². The Labute approximate surface area is 124 Å². The molecule has 0 atom stereocenters. The summed E-state index contributed by atoms with van der Waals surface area (Å²) in [5.41, 5.74) is 8.18. The molecule has 0 saturated heterocycles. The molecule has 102 valence electrons. The molecule has 0 amide bonds. The fourth-order valence-corrected chi connectivity index (χ4v) is 2.96. The first-order valence-electron chi connectivity index (χ1n) is 7.01. The first kappa shape index (κ1) is 13.1. The number of nitrogens with two attached hydrogens (primary N) is 1. The van der Waals surface area contributed by atoms with Crippen LogP contribution in [0.2, 0.25) is 0 Å². The van der Waals surface area contributed by atoms with Gasteiger partial charge in [0.2, 0.25) is 0 Å². The first-order chi connectivity index (χ1) is 9.77. The van der Waals surface area contributed by atoms with Crippen LogP contribution >= 0.6 is 12.2 Å². The van der Waals surface area contributed by atoms with Crippen LogP contribution in [0.3, 0.4) is 0 Å².